The Bertz CT molecular complexity index is 601. The Morgan fingerprint density at radius 2 is 1.90 bits per heavy atom. The predicted molar refractivity (Wildman–Crippen MR) is 80.0 cm³/mol. The number of nitrogens with zero attached hydrogens (tertiary/aromatic N) is 1. The molecule has 3 nitrogen and oxygen atoms in total. The first-order valence-electron chi connectivity index (χ1n) is 7.64. The Labute approximate surface area is 119 Å². The highest BCUT2D eigenvalue weighted by atomic mass is 16.5. The molecular weight excluding hydrogens is 248 g/mol. The number of fused-ring (bicyclic) bond motifs is 3. The Hall–Kier alpha value is -1.61. The van der Waals surface area contributed by atoms with Gasteiger partial charge in [0, 0.05) is 17.5 Å². The number of hydrogen-bond donors (Lipinski definition) is 1. The zero-order valence-corrected chi connectivity index (χ0v) is 11.6. The molecule has 1 aromatic carbocycles. The van der Waals surface area contributed by atoms with Crippen molar-refractivity contribution in [2.45, 2.75) is 50.3 Å². The molecule has 0 radical (unpaired) electrons. The van der Waals surface area contributed by atoms with Crippen molar-refractivity contribution in [2.24, 2.45) is 0 Å². The third-order valence-electron chi connectivity index (χ3n) is 4.54. The van der Waals surface area contributed by atoms with Crippen LogP contribution in [0.1, 0.15) is 32.1 Å². The lowest BCUT2D eigenvalue weighted by Gasteiger charge is -2.40. The Kier molecular flexibility index (Phi) is 3.07. The molecule has 3 atom stereocenters. The molecule has 2 bridgehead atoms. The van der Waals surface area contributed by atoms with E-state index in [0.717, 1.165) is 29.5 Å². The molecular formula is C17H20N2O. The lowest BCUT2D eigenvalue weighted by atomic mass is 9.85. The van der Waals surface area contributed by atoms with Crippen molar-refractivity contribution in [3.63, 3.8) is 0 Å². The molecule has 0 saturated carbocycles. The van der Waals surface area contributed by atoms with E-state index in [2.05, 4.69) is 22.4 Å². The van der Waals surface area contributed by atoms with Gasteiger partial charge in [-0.25, -0.2) is 0 Å². The van der Waals surface area contributed by atoms with Gasteiger partial charge in [0.25, 0.3) is 0 Å². The van der Waals surface area contributed by atoms with Gasteiger partial charge in [-0.15, -0.1) is 0 Å². The zero-order chi connectivity index (χ0) is 13.4. The third-order valence-corrected chi connectivity index (χ3v) is 4.54. The van der Waals surface area contributed by atoms with Gasteiger partial charge < -0.3 is 10.1 Å². The minimum atomic E-state index is 0.342. The molecule has 0 spiro atoms. The van der Waals surface area contributed by atoms with Crippen molar-refractivity contribution in [3.8, 4) is 5.75 Å². The van der Waals surface area contributed by atoms with Gasteiger partial charge in [-0.05, 0) is 37.8 Å². The molecule has 3 heterocycles. The lowest BCUT2D eigenvalue weighted by Crippen LogP contribution is -2.51. The van der Waals surface area contributed by atoms with Crippen molar-refractivity contribution >= 4 is 10.9 Å². The summed E-state index contributed by atoms with van der Waals surface area (Å²) in [6.45, 7) is 0. The summed E-state index contributed by atoms with van der Waals surface area (Å²) in [6.07, 6.45) is 8.42. The normalized spacial score (nSPS) is 29.3. The number of nitrogens with one attached hydrogen (secondary N) is 1. The molecule has 20 heavy (non-hydrogen) atoms. The Balaban J connectivity index is 1.52. The van der Waals surface area contributed by atoms with Crippen LogP contribution in [0.25, 0.3) is 10.9 Å². The van der Waals surface area contributed by atoms with Crippen molar-refractivity contribution in [3.05, 3.63) is 36.5 Å². The molecule has 2 fully saturated rings. The molecule has 2 aromatic rings. The van der Waals surface area contributed by atoms with Crippen LogP contribution >= 0.6 is 0 Å². The van der Waals surface area contributed by atoms with Crippen LogP contribution in [0.3, 0.4) is 0 Å². The van der Waals surface area contributed by atoms with Gasteiger partial charge in [0.1, 0.15) is 11.9 Å². The largest absolute Gasteiger partial charge is 0.489 e. The molecule has 0 aliphatic carbocycles. The fourth-order valence-electron chi connectivity index (χ4n) is 3.62. The smallest absolute Gasteiger partial charge is 0.138 e. The summed E-state index contributed by atoms with van der Waals surface area (Å²) in [7, 11) is 0. The van der Waals surface area contributed by atoms with Crippen LogP contribution < -0.4 is 10.1 Å². The second-order valence-electron chi connectivity index (χ2n) is 6.07. The van der Waals surface area contributed by atoms with Crippen molar-refractivity contribution < 1.29 is 4.74 Å². The van der Waals surface area contributed by atoms with E-state index in [1.165, 1.54) is 19.3 Å². The molecule has 1 N–H and O–H groups in total. The summed E-state index contributed by atoms with van der Waals surface area (Å²) >= 11 is 0. The molecule has 104 valence electrons. The minimum Gasteiger partial charge on any atom is -0.489 e. The highest BCUT2D eigenvalue weighted by Crippen LogP contribution is 2.29. The van der Waals surface area contributed by atoms with Crippen LogP contribution in [0.2, 0.25) is 0 Å². The molecule has 2 saturated heterocycles. The second kappa shape index (κ2) is 5.06. The molecule has 0 unspecified atom stereocenters. The first kappa shape index (κ1) is 12.2. The topological polar surface area (TPSA) is 34.1 Å². The Morgan fingerprint density at radius 3 is 2.75 bits per heavy atom. The van der Waals surface area contributed by atoms with E-state index in [1.807, 2.05) is 24.4 Å². The summed E-state index contributed by atoms with van der Waals surface area (Å²) in [4.78, 5) is 4.48. The zero-order valence-electron chi connectivity index (χ0n) is 11.6. The van der Waals surface area contributed by atoms with E-state index < -0.39 is 0 Å². The average Bonchev–Trinajstić information content (AvgIpc) is 2.47. The number of aromatic nitrogens is 1. The number of hydrogen-bond acceptors (Lipinski definition) is 3. The van der Waals surface area contributed by atoms with Gasteiger partial charge in [0.2, 0.25) is 0 Å². The molecule has 1 aromatic heterocycles. The van der Waals surface area contributed by atoms with E-state index in [4.69, 9.17) is 4.74 Å². The number of pyridine rings is 1. The summed E-state index contributed by atoms with van der Waals surface area (Å²) in [5, 5.41) is 4.85. The summed E-state index contributed by atoms with van der Waals surface area (Å²) in [5.74, 6) is 0.911. The highest BCUT2D eigenvalue weighted by molar-refractivity contribution is 5.79. The fraction of sp³-hybridized carbons (Fsp3) is 0.471. The maximum atomic E-state index is 6.20. The fourth-order valence-corrected chi connectivity index (χ4v) is 3.62. The van der Waals surface area contributed by atoms with Crippen LogP contribution in [0.5, 0.6) is 5.75 Å². The number of para-hydroxylation sites is 1. The molecule has 2 aliphatic heterocycles. The molecule has 3 heteroatoms. The third kappa shape index (κ3) is 2.38. The van der Waals surface area contributed by atoms with Crippen molar-refractivity contribution in [2.75, 3.05) is 0 Å². The van der Waals surface area contributed by atoms with E-state index in [0.29, 0.717) is 18.2 Å². The van der Waals surface area contributed by atoms with Gasteiger partial charge in [-0.2, -0.15) is 0 Å². The summed E-state index contributed by atoms with van der Waals surface area (Å²) in [6, 6.07) is 11.6. The van der Waals surface area contributed by atoms with Crippen LogP contribution in [0.15, 0.2) is 36.5 Å². The maximum absolute atomic E-state index is 6.20. The van der Waals surface area contributed by atoms with Gasteiger partial charge in [0.15, 0.2) is 0 Å². The average molecular weight is 268 g/mol. The standard InChI is InChI=1S/C17H20N2O/c1-2-7-17-12(4-1)8-16(11-18-17)20-15-9-13-5-3-6-14(10-15)19-13/h1-2,4,7-8,11,13-15,19H,3,5-6,9-10H2/t13-,14+,15-. The predicted octanol–water partition coefficient (Wildman–Crippen LogP) is 3.29. The molecule has 4 rings (SSSR count). The minimum absolute atomic E-state index is 0.342. The van der Waals surface area contributed by atoms with E-state index in [9.17, 15) is 0 Å². The maximum Gasteiger partial charge on any atom is 0.138 e. The van der Waals surface area contributed by atoms with Crippen LogP contribution in [0, 0.1) is 0 Å². The van der Waals surface area contributed by atoms with Gasteiger partial charge in [-0.1, -0.05) is 24.6 Å². The first-order valence-corrected chi connectivity index (χ1v) is 7.64. The highest BCUT2D eigenvalue weighted by Gasteiger charge is 2.32. The second-order valence-corrected chi connectivity index (χ2v) is 6.07. The molecule has 0 amide bonds. The SMILES string of the molecule is c1ccc2ncc(O[C@@H]3C[C@H]4CCC[C@@H](C3)N4)cc2c1. The van der Waals surface area contributed by atoms with Gasteiger partial charge >= 0.3 is 0 Å². The van der Waals surface area contributed by atoms with Crippen LogP contribution in [0.4, 0.5) is 0 Å². The lowest BCUT2D eigenvalue weighted by molar-refractivity contribution is 0.0926. The van der Waals surface area contributed by atoms with Gasteiger partial charge in [-0.3, -0.25) is 4.98 Å². The first-order chi connectivity index (χ1) is 9.87. The van der Waals surface area contributed by atoms with E-state index in [-0.39, 0.29) is 0 Å². The number of rotatable bonds is 2. The summed E-state index contributed by atoms with van der Waals surface area (Å²) < 4.78 is 6.20. The van der Waals surface area contributed by atoms with Crippen LogP contribution in [-0.4, -0.2) is 23.2 Å². The number of piperidine rings is 2. The van der Waals surface area contributed by atoms with Crippen LogP contribution in [-0.2, 0) is 0 Å². The summed E-state index contributed by atoms with van der Waals surface area (Å²) in [5.41, 5.74) is 1.03. The van der Waals surface area contributed by atoms with Gasteiger partial charge in [0.05, 0.1) is 11.7 Å². The van der Waals surface area contributed by atoms with Crippen molar-refractivity contribution in [1.29, 1.82) is 0 Å². The van der Waals surface area contributed by atoms with E-state index in [1.54, 1.807) is 0 Å². The van der Waals surface area contributed by atoms with E-state index >= 15 is 0 Å². The molecule has 2 aliphatic rings. The monoisotopic (exact) mass is 268 g/mol. The van der Waals surface area contributed by atoms with Crippen molar-refractivity contribution in [1.82, 2.24) is 10.3 Å². The number of ether oxygens (including phenoxy) is 1. The Morgan fingerprint density at radius 1 is 1.10 bits per heavy atom. The quantitative estimate of drug-likeness (QED) is 0.907. The number of benzene rings is 1.